The summed E-state index contributed by atoms with van der Waals surface area (Å²) in [6.45, 7) is 0.727. The van der Waals surface area contributed by atoms with Crippen LogP contribution in [0, 0.1) is 5.82 Å². The number of carbonyl (C=O) groups is 1. The average Bonchev–Trinajstić information content (AvgIpc) is 3.29. The Morgan fingerprint density at radius 1 is 1.29 bits per heavy atom. The molecule has 0 aliphatic heterocycles. The molecule has 4 rings (SSSR count). The van der Waals surface area contributed by atoms with Gasteiger partial charge in [0.2, 0.25) is 5.91 Å². The molecule has 0 bridgehead atoms. The molecule has 6 heteroatoms. The molecule has 2 aromatic carbocycles. The van der Waals surface area contributed by atoms with E-state index in [2.05, 4.69) is 22.4 Å². The van der Waals surface area contributed by atoms with Crippen molar-refractivity contribution in [2.24, 2.45) is 5.73 Å². The first-order valence-corrected chi connectivity index (χ1v) is 9.47. The summed E-state index contributed by atoms with van der Waals surface area (Å²) in [7, 11) is 0. The first-order chi connectivity index (χ1) is 13.6. The molecule has 3 N–H and O–H groups in total. The molecule has 1 heterocycles. The van der Waals surface area contributed by atoms with Crippen molar-refractivity contribution < 1.29 is 9.18 Å². The Labute approximate surface area is 163 Å². The van der Waals surface area contributed by atoms with Gasteiger partial charge in [-0.3, -0.25) is 4.79 Å². The highest BCUT2D eigenvalue weighted by molar-refractivity contribution is 5.82. The van der Waals surface area contributed by atoms with Gasteiger partial charge in [-0.15, -0.1) is 0 Å². The highest BCUT2D eigenvalue weighted by atomic mass is 19.1. The maximum absolute atomic E-state index is 13.3. The average molecular weight is 378 g/mol. The fraction of sp³-hybridized carbons (Fsp3) is 0.273. The lowest BCUT2D eigenvalue weighted by molar-refractivity contribution is -0.123. The number of amides is 1. The second-order valence-electron chi connectivity index (χ2n) is 7.28. The first kappa shape index (κ1) is 18.4. The van der Waals surface area contributed by atoms with Gasteiger partial charge in [0, 0.05) is 19.2 Å². The van der Waals surface area contributed by atoms with Crippen LogP contribution in [0.5, 0.6) is 0 Å². The van der Waals surface area contributed by atoms with Gasteiger partial charge in [0.15, 0.2) is 0 Å². The molecule has 1 amide bonds. The molecule has 2 atom stereocenters. The number of hydrogen-bond donors (Lipinski definition) is 2. The van der Waals surface area contributed by atoms with Crippen molar-refractivity contribution in [3.63, 3.8) is 0 Å². The molecular formula is C22H23FN4O. The van der Waals surface area contributed by atoms with Crippen LogP contribution in [0.15, 0.2) is 61.1 Å². The molecule has 0 spiro atoms. The summed E-state index contributed by atoms with van der Waals surface area (Å²) >= 11 is 0. The molecule has 1 unspecified atom stereocenters. The Bertz CT molecular complexity index is 970. The fourth-order valence-electron chi connectivity index (χ4n) is 3.73. The number of benzene rings is 2. The third-order valence-electron chi connectivity index (χ3n) is 5.16. The van der Waals surface area contributed by atoms with Crippen LogP contribution in [0.1, 0.15) is 34.8 Å². The Kier molecular flexibility index (Phi) is 5.21. The van der Waals surface area contributed by atoms with Crippen LogP contribution in [0.25, 0.3) is 0 Å². The summed E-state index contributed by atoms with van der Waals surface area (Å²) in [6, 6.07) is 14.1. The molecule has 1 aromatic heterocycles. The number of nitrogens with two attached hydrogens (primary N) is 1. The number of aryl methyl sites for hydroxylation is 1. The largest absolute Gasteiger partial charge is 0.348 e. The monoisotopic (exact) mass is 378 g/mol. The molecule has 28 heavy (non-hydrogen) atoms. The van der Waals surface area contributed by atoms with Gasteiger partial charge in [0.1, 0.15) is 5.82 Å². The molecule has 0 fully saturated rings. The molecule has 1 aliphatic rings. The molecule has 5 nitrogen and oxygen atoms in total. The highest BCUT2D eigenvalue weighted by Crippen LogP contribution is 2.31. The number of rotatable bonds is 6. The van der Waals surface area contributed by atoms with Gasteiger partial charge >= 0.3 is 0 Å². The summed E-state index contributed by atoms with van der Waals surface area (Å²) in [5, 5.41) is 3.00. The topological polar surface area (TPSA) is 72.9 Å². The van der Waals surface area contributed by atoms with E-state index in [4.69, 9.17) is 5.73 Å². The van der Waals surface area contributed by atoms with Gasteiger partial charge in [-0.25, -0.2) is 9.37 Å². The summed E-state index contributed by atoms with van der Waals surface area (Å²) < 4.78 is 15.3. The number of halogens is 1. The Balaban J connectivity index is 1.34. The minimum absolute atomic E-state index is 0.107. The normalized spacial score (nSPS) is 16.6. The van der Waals surface area contributed by atoms with Crippen molar-refractivity contribution in [2.75, 3.05) is 0 Å². The van der Waals surface area contributed by atoms with E-state index in [0.717, 1.165) is 36.2 Å². The number of nitrogens with zero attached hydrogens (tertiary/aromatic N) is 2. The van der Waals surface area contributed by atoms with E-state index in [-0.39, 0.29) is 17.8 Å². The van der Waals surface area contributed by atoms with Crippen molar-refractivity contribution in [3.05, 3.63) is 89.3 Å². The molecule has 0 saturated heterocycles. The van der Waals surface area contributed by atoms with E-state index in [1.165, 1.54) is 11.6 Å². The van der Waals surface area contributed by atoms with Crippen LogP contribution >= 0.6 is 0 Å². The van der Waals surface area contributed by atoms with Crippen LogP contribution in [-0.2, 0) is 24.2 Å². The Morgan fingerprint density at radius 3 is 2.93 bits per heavy atom. The third kappa shape index (κ3) is 4.12. The van der Waals surface area contributed by atoms with E-state index in [0.29, 0.717) is 6.42 Å². The van der Waals surface area contributed by atoms with Crippen LogP contribution < -0.4 is 11.1 Å². The lowest BCUT2D eigenvalue weighted by Gasteiger charge is -2.17. The number of hydrogen-bond acceptors (Lipinski definition) is 3. The van der Waals surface area contributed by atoms with Gasteiger partial charge in [-0.05, 0) is 41.7 Å². The van der Waals surface area contributed by atoms with Crippen molar-refractivity contribution in [3.8, 4) is 0 Å². The van der Waals surface area contributed by atoms with Crippen LogP contribution in [0.3, 0.4) is 0 Å². The minimum Gasteiger partial charge on any atom is -0.348 e. The van der Waals surface area contributed by atoms with E-state index >= 15 is 0 Å². The number of carbonyl (C=O) groups excluding carboxylic acids is 1. The van der Waals surface area contributed by atoms with Crippen molar-refractivity contribution in [2.45, 2.75) is 37.9 Å². The maximum atomic E-state index is 13.3. The van der Waals surface area contributed by atoms with Crippen molar-refractivity contribution in [1.82, 2.24) is 14.9 Å². The van der Waals surface area contributed by atoms with Gasteiger partial charge in [-0.1, -0.05) is 36.4 Å². The lowest BCUT2D eigenvalue weighted by atomic mass is 10.1. The van der Waals surface area contributed by atoms with E-state index in [1.807, 2.05) is 29.0 Å². The summed E-state index contributed by atoms with van der Waals surface area (Å²) in [6.07, 6.45) is 5.58. The quantitative estimate of drug-likeness (QED) is 0.693. The fourth-order valence-corrected chi connectivity index (χ4v) is 3.73. The van der Waals surface area contributed by atoms with Gasteiger partial charge in [-0.2, -0.15) is 0 Å². The van der Waals surface area contributed by atoms with Gasteiger partial charge in [0.05, 0.1) is 24.1 Å². The summed E-state index contributed by atoms with van der Waals surface area (Å²) in [5.74, 6) is -0.451. The van der Waals surface area contributed by atoms with Crippen LogP contribution in [-0.4, -0.2) is 21.5 Å². The number of nitrogens with one attached hydrogen (secondary N) is 1. The smallest absolute Gasteiger partial charge is 0.237 e. The van der Waals surface area contributed by atoms with Crippen LogP contribution in [0.4, 0.5) is 4.39 Å². The Morgan fingerprint density at radius 2 is 2.11 bits per heavy atom. The maximum Gasteiger partial charge on any atom is 0.237 e. The van der Waals surface area contributed by atoms with Gasteiger partial charge in [0.25, 0.3) is 0 Å². The van der Waals surface area contributed by atoms with Crippen molar-refractivity contribution in [1.29, 1.82) is 0 Å². The van der Waals surface area contributed by atoms with Crippen molar-refractivity contribution >= 4 is 5.91 Å². The van der Waals surface area contributed by atoms with E-state index in [1.54, 1.807) is 18.5 Å². The number of fused-ring (bicyclic) bond motifs is 1. The lowest BCUT2D eigenvalue weighted by Crippen LogP contribution is -2.43. The van der Waals surface area contributed by atoms with Crippen LogP contribution in [0.2, 0.25) is 0 Å². The zero-order valence-electron chi connectivity index (χ0n) is 15.5. The highest BCUT2D eigenvalue weighted by Gasteiger charge is 2.26. The summed E-state index contributed by atoms with van der Waals surface area (Å²) in [4.78, 5) is 16.9. The number of imidazole rings is 1. The predicted octanol–water partition coefficient (Wildman–Crippen LogP) is 2.74. The SMILES string of the molecule is N[C@@H](Cc1cn(Cc2ccccc2)cn1)C(=O)NC1CCc2cc(F)ccc21. The molecule has 3 aromatic rings. The van der Waals surface area contributed by atoms with E-state index in [9.17, 15) is 9.18 Å². The number of aromatic nitrogens is 2. The minimum atomic E-state index is -0.676. The second kappa shape index (κ2) is 7.94. The second-order valence-corrected chi connectivity index (χ2v) is 7.28. The standard InChI is InChI=1S/C22H23FN4O/c23-17-7-8-19-16(10-17)6-9-21(19)26-22(28)20(24)11-18-13-27(14-25-18)12-15-4-2-1-3-5-15/h1-5,7-8,10,13-14,20-21H,6,9,11-12,24H2,(H,26,28)/t20-,21?/m0/s1. The van der Waals surface area contributed by atoms with Gasteiger partial charge < -0.3 is 15.6 Å². The molecular weight excluding hydrogens is 355 g/mol. The zero-order chi connectivity index (χ0) is 19.5. The predicted molar refractivity (Wildman–Crippen MR) is 105 cm³/mol. The summed E-state index contributed by atoms with van der Waals surface area (Å²) in [5.41, 5.74) is 10.0. The zero-order valence-corrected chi connectivity index (χ0v) is 15.5. The molecule has 0 radical (unpaired) electrons. The molecule has 0 saturated carbocycles. The molecule has 1 aliphatic carbocycles. The van der Waals surface area contributed by atoms with E-state index < -0.39 is 6.04 Å². The Hall–Kier alpha value is -2.99. The third-order valence-corrected chi connectivity index (χ3v) is 5.16. The molecule has 144 valence electrons. The first-order valence-electron chi connectivity index (χ1n) is 9.47.